The van der Waals surface area contributed by atoms with Gasteiger partial charge in [0.25, 0.3) is 11.8 Å². The Morgan fingerprint density at radius 3 is 3.04 bits per heavy atom. The number of aryl methyl sites for hydroxylation is 1. The number of hydrogen-bond donors (Lipinski definition) is 1. The fourth-order valence-electron chi connectivity index (χ4n) is 3.04. The lowest BCUT2D eigenvalue weighted by Crippen LogP contribution is -2.34. The normalized spacial score (nSPS) is 20.8. The maximum absolute atomic E-state index is 12.8. The van der Waals surface area contributed by atoms with Crippen molar-refractivity contribution in [1.29, 1.82) is 0 Å². The average Bonchev–Trinajstić information content (AvgIpc) is 3.32. The second-order valence-electron chi connectivity index (χ2n) is 6.02. The van der Waals surface area contributed by atoms with Crippen molar-refractivity contribution in [3.05, 3.63) is 47.8 Å². The Morgan fingerprint density at radius 1 is 1.42 bits per heavy atom. The maximum Gasteiger partial charge on any atom is 0.260 e. The number of likely N-dealkylation sites (tertiary alicyclic amines) is 1. The van der Waals surface area contributed by atoms with Gasteiger partial charge in [0.05, 0.1) is 12.1 Å². The van der Waals surface area contributed by atoms with Crippen LogP contribution in [0.3, 0.4) is 0 Å². The van der Waals surface area contributed by atoms with Gasteiger partial charge >= 0.3 is 0 Å². The van der Waals surface area contributed by atoms with Crippen molar-refractivity contribution in [3.63, 3.8) is 0 Å². The molecular formula is C17H17N3O4. The number of fused-ring (bicyclic) bond motifs is 1. The first-order valence-electron chi connectivity index (χ1n) is 7.91. The van der Waals surface area contributed by atoms with E-state index in [0.29, 0.717) is 36.4 Å². The van der Waals surface area contributed by atoms with Crippen LogP contribution in [0.2, 0.25) is 0 Å². The highest BCUT2D eigenvalue weighted by Crippen LogP contribution is 2.32. The van der Waals surface area contributed by atoms with Crippen molar-refractivity contribution >= 4 is 16.9 Å². The first kappa shape index (κ1) is 14.9. The molecular weight excluding hydrogens is 310 g/mol. The predicted octanol–water partition coefficient (Wildman–Crippen LogP) is 2.11. The molecule has 1 atom stereocenters. The van der Waals surface area contributed by atoms with Gasteiger partial charge in [-0.25, -0.2) is 0 Å². The minimum absolute atomic E-state index is 0.122. The number of hydrogen-bond acceptors (Lipinski definition) is 6. The van der Waals surface area contributed by atoms with Gasteiger partial charge in [-0.15, -0.1) is 0 Å². The van der Waals surface area contributed by atoms with E-state index in [1.165, 1.54) is 6.26 Å². The van der Waals surface area contributed by atoms with Crippen LogP contribution in [0.15, 0.2) is 39.5 Å². The number of nitrogens with zero attached hydrogens (tertiary/aromatic N) is 3. The lowest BCUT2D eigenvalue weighted by Gasteiger charge is -2.19. The van der Waals surface area contributed by atoms with Crippen LogP contribution in [-0.2, 0) is 12.0 Å². The summed E-state index contributed by atoms with van der Waals surface area (Å²) in [6, 6.07) is 7.38. The van der Waals surface area contributed by atoms with Gasteiger partial charge in [-0.05, 0) is 6.07 Å². The van der Waals surface area contributed by atoms with Crippen LogP contribution in [0.25, 0.3) is 11.0 Å². The third kappa shape index (κ3) is 2.28. The molecule has 1 amide bonds. The number of para-hydroxylation sites is 1. The van der Waals surface area contributed by atoms with Crippen molar-refractivity contribution in [2.45, 2.75) is 25.4 Å². The average molecular weight is 327 g/mol. The molecule has 1 saturated heterocycles. The minimum atomic E-state index is -1.30. The molecule has 7 heteroatoms. The number of carbonyl (C=O) groups is 1. The van der Waals surface area contributed by atoms with Crippen molar-refractivity contribution in [2.24, 2.45) is 0 Å². The van der Waals surface area contributed by atoms with E-state index in [0.717, 1.165) is 5.39 Å². The number of aromatic nitrogens is 2. The summed E-state index contributed by atoms with van der Waals surface area (Å²) in [5.74, 6) is 0.543. The minimum Gasteiger partial charge on any atom is -0.463 e. The summed E-state index contributed by atoms with van der Waals surface area (Å²) in [4.78, 5) is 18.6. The molecule has 0 bridgehead atoms. The van der Waals surface area contributed by atoms with Crippen LogP contribution in [0.5, 0.6) is 0 Å². The number of rotatable bonds is 3. The SMILES string of the molecule is CCc1noc(C2(O)CCN(C(=O)c3coc4ccccc34)C2)n1. The smallest absolute Gasteiger partial charge is 0.260 e. The van der Waals surface area contributed by atoms with Crippen LogP contribution in [0, 0.1) is 0 Å². The van der Waals surface area contributed by atoms with E-state index >= 15 is 0 Å². The molecule has 4 rings (SSSR count). The molecule has 0 saturated carbocycles. The van der Waals surface area contributed by atoms with Crippen molar-refractivity contribution in [2.75, 3.05) is 13.1 Å². The van der Waals surface area contributed by atoms with Gasteiger partial charge in [-0.1, -0.05) is 30.3 Å². The Bertz CT molecular complexity index is 900. The summed E-state index contributed by atoms with van der Waals surface area (Å²) in [6.07, 6.45) is 2.45. The van der Waals surface area contributed by atoms with Gasteiger partial charge in [0.2, 0.25) is 0 Å². The van der Waals surface area contributed by atoms with Gasteiger partial charge in [-0.3, -0.25) is 4.79 Å². The molecule has 3 aromatic rings. The van der Waals surface area contributed by atoms with E-state index in [9.17, 15) is 9.90 Å². The molecule has 1 aliphatic rings. The lowest BCUT2D eigenvalue weighted by atomic mass is 10.0. The predicted molar refractivity (Wildman–Crippen MR) is 84.3 cm³/mol. The topological polar surface area (TPSA) is 92.6 Å². The summed E-state index contributed by atoms with van der Waals surface area (Å²) in [5.41, 5.74) is -0.135. The zero-order valence-electron chi connectivity index (χ0n) is 13.2. The third-order valence-corrected chi connectivity index (χ3v) is 4.43. The summed E-state index contributed by atoms with van der Waals surface area (Å²) in [6.45, 7) is 2.45. The van der Waals surface area contributed by atoms with E-state index in [1.807, 2.05) is 31.2 Å². The van der Waals surface area contributed by atoms with Crippen molar-refractivity contribution in [1.82, 2.24) is 15.0 Å². The van der Waals surface area contributed by atoms with Crippen LogP contribution in [0.1, 0.15) is 35.4 Å². The van der Waals surface area contributed by atoms with Crippen LogP contribution < -0.4 is 0 Å². The highest BCUT2D eigenvalue weighted by molar-refractivity contribution is 6.06. The highest BCUT2D eigenvalue weighted by atomic mass is 16.5. The molecule has 1 aromatic carbocycles. The Balaban J connectivity index is 1.59. The number of amides is 1. The molecule has 24 heavy (non-hydrogen) atoms. The molecule has 7 nitrogen and oxygen atoms in total. The van der Waals surface area contributed by atoms with Gasteiger partial charge in [0, 0.05) is 24.8 Å². The monoisotopic (exact) mass is 327 g/mol. The fraction of sp³-hybridized carbons (Fsp3) is 0.353. The fourth-order valence-corrected chi connectivity index (χ4v) is 3.04. The summed E-state index contributed by atoms with van der Waals surface area (Å²) in [7, 11) is 0. The van der Waals surface area contributed by atoms with Crippen LogP contribution in [-0.4, -0.2) is 39.1 Å². The van der Waals surface area contributed by atoms with Gasteiger partial charge in [0.1, 0.15) is 11.8 Å². The number of furan rings is 1. The highest BCUT2D eigenvalue weighted by Gasteiger charge is 2.44. The van der Waals surface area contributed by atoms with E-state index < -0.39 is 5.60 Å². The van der Waals surface area contributed by atoms with E-state index in [-0.39, 0.29) is 18.3 Å². The molecule has 1 fully saturated rings. The molecule has 0 spiro atoms. The molecule has 1 N–H and O–H groups in total. The molecule has 0 radical (unpaired) electrons. The number of benzene rings is 1. The maximum atomic E-state index is 12.8. The van der Waals surface area contributed by atoms with Gasteiger partial charge in [-0.2, -0.15) is 4.98 Å². The second-order valence-corrected chi connectivity index (χ2v) is 6.02. The van der Waals surface area contributed by atoms with Crippen LogP contribution in [0.4, 0.5) is 0 Å². The summed E-state index contributed by atoms with van der Waals surface area (Å²) in [5, 5.41) is 15.4. The molecule has 124 valence electrons. The summed E-state index contributed by atoms with van der Waals surface area (Å²) < 4.78 is 10.6. The molecule has 2 aromatic heterocycles. The first-order chi connectivity index (χ1) is 11.6. The zero-order valence-corrected chi connectivity index (χ0v) is 13.2. The van der Waals surface area contributed by atoms with E-state index in [1.54, 1.807) is 4.90 Å². The Labute approximate surface area is 137 Å². The molecule has 1 unspecified atom stereocenters. The molecule has 1 aliphatic heterocycles. The lowest BCUT2D eigenvalue weighted by molar-refractivity contribution is 0.0136. The standard InChI is InChI=1S/C17H17N3O4/c1-2-14-18-16(24-19-14)17(22)7-8-20(10-17)15(21)12-9-23-13-6-4-3-5-11(12)13/h3-6,9,22H,2,7-8,10H2,1H3. The van der Waals surface area contributed by atoms with Crippen molar-refractivity contribution in [3.8, 4) is 0 Å². The zero-order chi connectivity index (χ0) is 16.7. The van der Waals surface area contributed by atoms with Gasteiger partial charge in [0.15, 0.2) is 11.4 Å². The van der Waals surface area contributed by atoms with Crippen molar-refractivity contribution < 1.29 is 18.8 Å². The van der Waals surface area contributed by atoms with E-state index in [4.69, 9.17) is 8.94 Å². The number of β-amino-alcohol motifs (C(OH)–C–C–N with tert-alkyl or cyclic N) is 1. The van der Waals surface area contributed by atoms with E-state index in [2.05, 4.69) is 10.1 Å². The Morgan fingerprint density at radius 2 is 2.25 bits per heavy atom. The Kier molecular flexibility index (Phi) is 3.38. The van der Waals surface area contributed by atoms with Gasteiger partial charge < -0.3 is 18.9 Å². The second kappa shape index (κ2) is 5.45. The first-order valence-corrected chi connectivity index (χ1v) is 7.91. The quantitative estimate of drug-likeness (QED) is 0.792. The molecule has 0 aliphatic carbocycles. The summed E-state index contributed by atoms with van der Waals surface area (Å²) >= 11 is 0. The largest absolute Gasteiger partial charge is 0.463 e. The number of aliphatic hydroxyl groups is 1. The third-order valence-electron chi connectivity index (χ3n) is 4.43. The number of carbonyl (C=O) groups excluding carboxylic acids is 1. The molecule has 3 heterocycles. The van der Waals surface area contributed by atoms with Crippen LogP contribution >= 0.6 is 0 Å². The Hall–Kier alpha value is -2.67.